The summed E-state index contributed by atoms with van der Waals surface area (Å²) in [7, 11) is 0. The number of nitrogens with zero attached hydrogens (tertiary/aromatic N) is 2. The van der Waals surface area contributed by atoms with Gasteiger partial charge in [0.15, 0.2) is 0 Å². The highest BCUT2D eigenvalue weighted by Gasteiger charge is 2.47. The van der Waals surface area contributed by atoms with Gasteiger partial charge in [-0.2, -0.15) is 0 Å². The van der Waals surface area contributed by atoms with Gasteiger partial charge in [-0.05, 0) is 53.0 Å². The third-order valence-corrected chi connectivity index (χ3v) is 6.25. The summed E-state index contributed by atoms with van der Waals surface area (Å²) >= 11 is 0. The monoisotopic (exact) mass is 453 g/mol. The molecule has 0 radical (unpaired) electrons. The molecule has 7 nitrogen and oxygen atoms in total. The van der Waals surface area contributed by atoms with Crippen LogP contribution in [0.15, 0.2) is 36.4 Å². The third-order valence-electron chi connectivity index (χ3n) is 6.25. The molecule has 0 bridgehead atoms. The van der Waals surface area contributed by atoms with Crippen LogP contribution in [0, 0.1) is 18.8 Å². The normalized spacial score (nSPS) is 21.1. The maximum absolute atomic E-state index is 13.3. The number of hydrogen-bond donors (Lipinski definition) is 1. The Bertz CT molecular complexity index is 937. The van der Waals surface area contributed by atoms with E-state index in [9.17, 15) is 19.2 Å². The van der Waals surface area contributed by atoms with Gasteiger partial charge < -0.3 is 10.2 Å². The number of likely N-dealkylation sites (tertiary alicyclic amines) is 1. The molecule has 1 fully saturated rings. The summed E-state index contributed by atoms with van der Waals surface area (Å²) in [5.74, 6) is -1.50. The second-order valence-electron chi connectivity index (χ2n) is 10.2. The summed E-state index contributed by atoms with van der Waals surface area (Å²) < 4.78 is 0. The summed E-state index contributed by atoms with van der Waals surface area (Å²) in [6.45, 7) is 9.68. The summed E-state index contributed by atoms with van der Waals surface area (Å²) in [5, 5.41) is 2.94. The van der Waals surface area contributed by atoms with E-state index >= 15 is 0 Å². The van der Waals surface area contributed by atoms with Crippen molar-refractivity contribution in [2.45, 2.75) is 72.0 Å². The van der Waals surface area contributed by atoms with Gasteiger partial charge in [0.25, 0.3) is 0 Å². The number of imide groups is 1. The molecule has 1 N–H and O–H groups in total. The second-order valence-corrected chi connectivity index (χ2v) is 10.2. The van der Waals surface area contributed by atoms with E-state index < -0.39 is 11.6 Å². The highest BCUT2D eigenvalue weighted by molar-refractivity contribution is 6.05. The van der Waals surface area contributed by atoms with E-state index in [0.717, 1.165) is 11.1 Å². The zero-order valence-corrected chi connectivity index (χ0v) is 20.3. The van der Waals surface area contributed by atoms with Gasteiger partial charge in [-0.1, -0.05) is 42.0 Å². The van der Waals surface area contributed by atoms with Crippen LogP contribution in [0.25, 0.3) is 0 Å². The van der Waals surface area contributed by atoms with Gasteiger partial charge in [0, 0.05) is 25.0 Å². The number of rotatable bonds is 7. The lowest BCUT2D eigenvalue weighted by Crippen LogP contribution is -2.52. The molecular weight excluding hydrogens is 418 g/mol. The molecule has 3 rings (SSSR count). The van der Waals surface area contributed by atoms with Crippen LogP contribution in [0.2, 0.25) is 0 Å². The molecule has 1 saturated heterocycles. The van der Waals surface area contributed by atoms with Gasteiger partial charge in [0.1, 0.15) is 6.04 Å². The molecule has 0 saturated carbocycles. The van der Waals surface area contributed by atoms with Crippen molar-refractivity contribution in [3.63, 3.8) is 0 Å². The number of allylic oxidation sites excluding steroid dienone is 2. The molecule has 1 heterocycles. The molecule has 4 amide bonds. The van der Waals surface area contributed by atoms with Gasteiger partial charge in [-0.3, -0.25) is 24.1 Å². The lowest BCUT2D eigenvalue weighted by atomic mass is 9.85. The van der Waals surface area contributed by atoms with Crippen molar-refractivity contribution in [1.29, 1.82) is 0 Å². The molecule has 1 aliphatic heterocycles. The Kier molecular flexibility index (Phi) is 7.40. The molecule has 178 valence electrons. The number of benzene rings is 1. The van der Waals surface area contributed by atoms with Crippen molar-refractivity contribution in [1.82, 2.24) is 15.1 Å². The Morgan fingerprint density at radius 1 is 1.12 bits per heavy atom. The lowest BCUT2D eigenvalue weighted by molar-refractivity contribution is -0.144. The summed E-state index contributed by atoms with van der Waals surface area (Å²) in [4.78, 5) is 54.4. The Hall–Kier alpha value is -2.96. The lowest BCUT2D eigenvalue weighted by Gasteiger charge is -2.32. The highest BCUT2D eigenvalue weighted by Crippen LogP contribution is 2.35. The van der Waals surface area contributed by atoms with Crippen LogP contribution in [0.4, 0.5) is 0 Å². The minimum Gasteiger partial charge on any atom is -0.350 e. The van der Waals surface area contributed by atoms with Gasteiger partial charge in [-0.25, -0.2) is 0 Å². The number of hydrogen-bond acceptors (Lipinski definition) is 4. The molecule has 0 aromatic heterocycles. The van der Waals surface area contributed by atoms with Gasteiger partial charge in [0.2, 0.25) is 23.6 Å². The number of fused-ring (bicyclic) bond motifs is 1. The number of amides is 4. The fourth-order valence-corrected chi connectivity index (χ4v) is 4.50. The Morgan fingerprint density at radius 3 is 2.27 bits per heavy atom. The average Bonchev–Trinajstić information content (AvgIpc) is 2.99. The van der Waals surface area contributed by atoms with Crippen LogP contribution >= 0.6 is 0 Å². The van der Waals surface area contributed by atoms with Crippen LogP contribution in [0.1, 0.15) is 58.1 Å². The summed E-state index contributed by atoms with van der Waals surface area (Å²) in [6.07, 6.45) is 5.02. The molecule has 2 aliphatic rings. The van der Waals surface area contributed by atoms with Crippen LogP contribution in [-0.4, -0.2) is 51.6 Å². The maximum atomic E-state index is 13.3. The topological polar surface area (TPSA) is 86.8 Å². The molecular formula is C26H35N3O4. The fraction of sp³-hybridized carbons (Fsp3) is 0.538. The quantitative estimate of drug-likeness (QED) is 0.508. The van der Waals surface area contributed by atoms with Crippen molar-refractivity contribution in [2.24, 2.45) is 11.8 Å². The zero-order chi connectivity index (χ0) is 24.3. The standard InChI is InChI=1S/C26H35N3O4/c1-17-9-8-10-19(15-17)16-29(18(2)23(31)27-26(3,4)5)22(30)13-14-28-24(32)20-11-6-7-12-21(20)25(28)33/h6-10,15,18,20-21H,11-14,16H2,1-5H3,(H,27,31)/t18-,20-,21+/m1/s1. The summed E-state index contributed by atoms with van der Waals surface area (Å²) in [6, 6.07) is 7.11. The minimum atomic E-state index is -0.700. The number of carbonyl (C=O) groups excluding carboxylic acids is 4. The average molecular weight is 454 g/mol. The second kappa shape index (κ2) is 9.89. The number of nitrogens with one attached hydrogen (secondary N) is 1. The molecule has 0 unspecified atom stereocenters. The van der Waals surface area contributed by atoms with E-state index in [-0.39, 0.29) is 55.0 Å². The SMILES string of the molecule is Cc1cccc(CN(C(=O)CCN2C(=O)[C@H]3CC=CC[C@H]3C2=O)[C@H](C)C(=O)NC(C)(C)C)c1. The maximum Gasteiger partial charge on any atom is 0.242 e. The van der Waals surface area contributed by atoms with Crippen molar-refractivity contribution >= 4 is 23.6 Å². The predicted octanol–water partition coefficient (Wildman–Crippen LogP) is 2.97. The first-order chi connectivity index (χ1) is 15.5. The summed E-state index contributed by atoms with van der Waals surface area (Å²) in [5.41, 5.74) is 1.56. The van der Waals surface area contributed by atoms with E-state index in [1.165, 1.54) is 9.80 Å². The largest absolute Gasteiger partial charge is 0.350 e. The Balaban J connectivity index is 1.73. The fourth-order valence-electron chi connectivity index (χ4n) is 4.50. The van der Waals surface area contributed by atoms with Gasteiger partial charge in [0.05, 0.1) is 11.8 Å². The first-order valence-electron chi connectivity index (χ1n) is 11.6. The molecule has 3 atom stereocenters. The van der Waals surface area contributed by atoms with Crippen LogP contribution in [-0.2, 0) is 25.7 Å². The van der Waals surface area contributed by atoms with E-state index in [1.54, 1.807) is 6.92 Å². The molecule has 1 aromatic rings. The van der Waals surface area contributed by atoms with Gasteiger partial charge in [-0.15, -0.1) is 0 Å². The van der Waals surface area contributed by atoms with Crippen molar-refractivity contribution in [3.05, 3.63) is 47.5 Å². The Morgan fingerprint density at radius 2 is 1.73 bits per heavy atom. The molecule has 1 aliphatic carbocycles. The van der Waals surface area contributed by atoms with Crippen molar-refractivity contribution < 1.29 is 19.2 Å². The van der Waals surface area contributed by atoms with E-state index in [2.05, 4.69) is 5.32 Å². The molecule has 0 spiro atoms. The van der Waals surface area contributed by atoms with E-state index in [1.807, 2.05) is 64.1 Å². The van der Waals surface area contributed by atoms with Crippen molar-refractivity contribution in [2.75, 3.05) is 6.54 Å². The van der Waals surface area contributed by atoms with Crippen LogP contribution in [0.5, 0.6) is 0 Å². The zero-order valence-electron chi connectivity index (χ0n) is 20.3. The first kappa shape index (κ1) is 24.7. The van der Waals surface area contributed by atoms with Gasteiger partial charge >= 0.3 is 0 Å². The highest BCUT2D eigenvalue weighted by atomic mass is 16.2. The third kappa shape index (κ3) is 5.89. The minimum absolute atomic E-state index is 0.0106. The van der Waals surface area contributed by atoms with Crippen LogP contribution < -0.4 is 5.32 Å². The van der Waals surface area contributed by atoms with Crippen LogP contribution in [0.3, 0.4) is 0 Å². The van der Waals surface area contributed by atoms with Crippen molar-refractivity contribution in [3.8, 4) is 0 Å². The van der Waals surface area contributed by atoms with E-state index in [4.69, 9.17) is 0 Å². The molecule has 33 heavy (non-hydrogen) atoms. The first-order valence-corrected chi connectivity index (χ1v) is 11.6. The smallest absolute Gasteiger partial charge is 0.242 e. The molecule has 1 aromatic carbocycles. The molecule has 7 heteroatoms. The number of aryl methyl sites for hydroxylation is 1. The predicted molar refractivity (Wildman–Crippen MR) is 126 cm³/mol. The Labute approximate surface area is 196 Å². The van der Waals surface area contributed by atoms with E-state index in [0.29, 0.717) is 12.8 Å². The number of carbonyl (C=O) groups is 4.